The van der Waals surface area contributed by atoms with Gasteiger partial charge in [0.05, 0.1) is 18.2 Å². The highest BCUT2D eigenvalue weighted by Gasteiger charge is 2.32. The largest absolute Gasteiger partial charge is 0.463 e. The van der Waals surface area contributed by atoms with Crippen molar-refractivity contribution in [2.75, 3.05) is 11.4 Å². The first-order chi connectivity index (χ1) is 9.81. The first-order valence-electron chi connectivity index (χ1n) is 6.37. The monoisotopic (exact) mass is 267 g/mol. The minimum Gasteiger partial charge on any atom is -0.463 e. The normalized spacial score (nSPS) is 16.4. The van der Waals surface area contributed by atoms with E-state index in [1.807, 2.05) is 31.2 Å². The van der Waals surface area contributed by atoms with Gasteiger partial charge in [0.2, 0.25) is 0 Å². The van der Waals surface area contributed by atoms with E-state index in [4.69, 9.17) is 4.42 Å². The van der Waals surface area contributed by atoms with E-state index in [9.17, 15) is 4.79 Å². The van der Waals surface area contributed by atoms with Gasteiger partial charge in [-0.25, -0.2) is 0 Å². The Morgan fingerprint density at radius 1 is 1.25 bits per heavy atom. The van der Waals surface area contributed by atoms with Gasteiger partial charge in [-0.15, -0.1) is 5.10 Å². The number of likely N-dealkylation sites (N-methyl/N-ethyl adjacent to an activating group) is 1. The van der Waals surface area contributed by atoms with E-state index < -0.39 is 0 Å². The lowest BCUT2D eigenvalue weighted by atomic mass is 10.1. The second-order valence-corrected chi connectivity index (χ2v) is 4.28. The fourth-order valence-corrected chi connectivity index (χ4v) is 2.18. The number of hydrogen-bond acceptors (Lipinski definition) is 4. The Morgan fingerprint density at radius 2 is 2.10 bits per heavy atom. The molecule has 0 radical (unpaired) electrons. The molecule has 2 aromatic rings. The fourth-order valence-electron chi connectivity index (χ4n) is 2.18. The highest BCUT2D eigenvalue weighted by Crippen LogP contribution is 2.28. The van der Waals surface area contributed by atoms with Crippen molar-refractivity contribution in [3.8, 4) is 0 Å². The number of fused-ring (bicyclic) bond motifs is 1. The summed E-state index contributed by atoms with van der Waals surface area (Å²) >= 11 is 0. The Bertz CT molecular complexity index is 687. The minimum atomic E-state index is -0.120. The molecule has 0 saturated carbocycles. The molecule has 0 bridgehead atoms. The van der Waals surface area contributed by atoms with E-state index >= 15 is 0 Å². The van der Waals surface area contributed by atoms with Crippen LogP contribution in [0.2, 0.25) is 0 Å². The van der Waals surface area contributed by atoms with Crippen molar-refractivity contribution >= 4 is 23.5 Å². The maximum Gasteiger partial charge on any atom is 0.279 e. The lowest BCUT2D eigenvalue weighted by Crippen LogP contribution is -2.29. The molecule has 0 fully saturated rings. The van der Waals surface area contributed by atoms with Crippen molar-refractivity contribution in [2.45, 2.75) is 6.92 Å². The molecule has 1 aliphatic rings. The van der Waals surface area contributed by atoms with E-state index in [2.05, 4.69) is 10.2 Å². The highest BCUT2D eigenvalue weighted by atomic mass is 16.3. The number of rotatable bonds is 3. The summed E-state index contributed by atoms with van der Waals surface area (Å²) in [6.45, 7) is 2.54. The van der Waals surface area contributed by atoms with Crippen LogP contribution in [0, 0.1) is 0 Å². The van der Waals surface area contributed by atoms with Gasteiger partial charge in [-0.3, -0.25) is 4.79 Å². The van der Waals surface area contributed by atoms with Crippen LogP contribution in [0.4, 0.5) is 5.69 Å². The van der Waals surface area contributed by atoms with Crippen LogP contribution >= 0.6 is 0 Å². The summed E-state index contributed by atoms with van der Waals surface area (Å²) in [7, 11) is 0. The fraction of sp³-hybridized carbons (Fsp3) is 0.133. The average molecular weight is 267 g/mol. The molecular weight excluding hydrogens is 254 g/mol. The number of anilines is 1. The van der Waals surface area contributed by atoms with Crippen molar-refractivity contribution in [2.24, 2.45) is 10.2 Å². The molecule has 0 spiro atoms. The van der Waals surface area contributed by atoms with Crippen LogP contribution in [0.25, 0.3) is 0 Å². The topological polar surface area (TPSA) is 58.2 Å². The summed E-state index contributed by atoms with van der Waals surface area (Å²) < 4.78 is 5.12. The maximum atomic E-state index is 12.3. The lowest BCUT2D eigenvalue weighted by Gasteiger charge is -2.12. The Kier molecular flexibility index (Phi) is 3.16. The summed E-state index contributed by atoms with van der Waals surface area (Å²) in [5, 5.41) is 7.99. The van der Waals surface area contributed by atoms with E-state index in [1.165, 1.54) is 6.21 Å². The number of para-hydroxylation sites is 1. The Morgan fingerprint density at radius 3 is 2.85 bits per heavy atom. The molecule has 1 aromatic carbocycles. The van der Waals surface area contributed by atoms with Gasteiger partial charge in [0.15, 0.2) is 5.71 Å². The molecule has 0 atom stereocenters. The number of hydrogen-bond donors (Lipinski definition) is 0. The molecule has 0 N–H and O–H groups in total. The first-order valence-corrected chi connectivity index (χ1v) is 6.37. The van der Waals surface area contributed by atoms with Gasteiger partial charge in [0.1, 0.15) is 5.76 Å². The van der Waals surface area contributed by atoms with Gasteiger partial charge in [0.25, 0.3) is 5.91 Å². The van der Waals surface area contributed by atoms with Crippen molar-refractivity contribution in [3.05, 3.63) is 54.0 Å². The number of furan rings is 1. The van der Waals surface area contributed by atoms with Gasteiger partial charge in [-0.05, 0) is 25.1 Å². The van der Waals surface area contributed by atoms with Crippen molar-refractivity contribution in [1.82, 2.24) is 0 Å². The summed E-state index contributed by atoms with van der Waals surface area (Å²) in [5.41, 5.74) is 2.06. The van der Waals surface area contributed by atoms with E-state index in [0.717, 1.165) is 11.3 Å². The zero-order chi connectivity index (χ0) is 13.9. The third-order valence-electron chi connectivity index (χ3n) is 3.10. The number of carbonyl (C=O) groups excluding carboxylic acids is 1. The molecule has 1 aromatic heterocycles. The van der Waals surface area contributed by atoms with Gasteiger partial charge in [-0.2, -0.15) is 5.10 Å². The third-order valence-corrected chi connectivity index (χ3v) is 3.10. The minimum absolute atomic E-state index is 0.120. The van der Waals surface area contributed by atoms with Crippen LogP contribution in [-0.4, -0.2) is 24.4 Å². The van der Waals surface area contributed by atoms with Crippen LogP contribution in [0.15, 0.2) is 57.3 Å². The molecule has 5 heteroatoms. The highest BCUT2D eigenvalue weighted by molar-refractivity contribution is 6.54. The predicted octanol–water partition coefficient (Wildman–Crippen LogP) is 2.47. The van der Waals surface area contributed by atoms with E-state index in [1.54, 1.807) is 23.3 Å². The van der Waals surface area contributed by atoms with Crippen LogP contribution in [0.5, 0.6) is 0 Å². The van der Waals surface area contributed by atoms with Crippen molar-refractivity contribution in [3.63, 3.8) is 0 Å². The van der Waals surface area contributed by atoms with Crippen molar-refractivity contribution in [1.29, 1.82) is 0 Å². The van der Waals surface area contributed by atoms with Gasteiger partial charge < -0.3 is 9.32 Å². The quantitative estimate of drug-likeness (QED) is 0.633. The Hall–Kier alpha value is -2.69. The zero-order valence-corrected chi connectivity index (χ0v) is 11.0. The smallest absolute Gasteiger partial charge is 0.279 e. The second kappa shape index (κ2) is 5.13. The van der Waals surface area contributed by atoms with Crippen LogP contribution in [0.1, 0.15) is 18.2 Å². The van der Waals surface area contributed by atoms with Gasteiger partial charge in [-0.1, -0.05) is 18.2 Å². The van der Waals surface area contributed by atoms with E-state index in [0.29, 0.717) is 18.0 Å². The SMILES string of the molecule is CCN1C(=O)/C(=N/N=C\c2ccco2)c2ccccc21. The summed E-state index contributed by atoms with van der Waals surface area (Å²) in [6.07, 6.45) is 3.04. The first kappa shape index (κ1) is 12.3. The number of benzene rings is 1. The van der Waals surface area contributed by atoms with Gasteiger partial charge in [0, 0.05) is 12.1 Å². The molecule has 1 aliphatic heterocycles. The number of nitrogens with zero attached hydrogens (tertiary/aromatic N) is 3. The summed E-state index contributed by atoms with van der Waals surface area (Å²) in [5.74, 6) is 0.478. The van der Waals surface area contributed by atoms with E-state index in [-0.39, 0.29) is 5.91 Å². The molecule has 1 amide bonds. The maximum absolute atomic E-state index is 12.3. The molecule has 100 valence electrons. The summed E-state index contributed by atoms with van der Waals surface area (Å²) in [4.78, 5) is 14.0. The lowest BCUT2D eigenvalue weighted by molar-refractivity contribution is -0.112. The predicted molar refractivity (Wildman–Crippen MR) is 77.3 cm³/mol. The number of amides is 1. The van der Waals surface area contributed by atoms with Crippen LogP contribution in [-0.2, 0) is 4.79 Å². The third kappa shape index (κ3) is 2.03. The molecule has 5 nitrogen and oxygen atoms in total. The van der Waals surface area contributed by atoms with Crippen molar-refractivity contribution < 1.29 is 9.21 Å². The molecule has 3 rings (SSSR count). The van der Waals surface area contributed by atoms with Gasteiger partial charge >= 0.3 is 0 Å². The molecule has 0 aliphatic carbocycles. The Labute approximate surface area is 116 Å². The molecule has 2 heterocycles. The zero-order valence-electron chi connectivity index (χ0n) is 11.0. The molecule has 20 heavy (non-hydrogen) atoms. The molecular formula is C15H13N3O2. The van der Waals surface area contributed by atoms with Crippen LogP contribution < -0.4 is 4.90 Å². The Balaban J connectivity index is 1.95. The second-order valence-electron chi connectivity index (χ2n) is 4.28. The summed E-state index contributed by atoms with van der Waals surface area (Å²) in [6, 6.07) is 11.1. The number of carbonyl (C=O) groups is 1. The molecule has 0 unspecified atom stereocenters. The standard InChI is InChI=1S/C15H13N3O2/c1-2-18-13-8-4-3-7-12(13)14(15(18)19)17-16-10-11-6-5-9-20-11/h3-10H,2H2,1H3/b16-10-,17-14+. The average Bonchev–Trinajstić information content (AvgIpc) is 3.06. The molecule has 0 saturated heterocycles. The van der Waals surface area contributed by atoms with Crippen LogP contribution in [0.3, 0.4) is 0 Å².